The maximum absolute atomic E-state index is 13.9. The lowest BCUT2D eigenvalue weighted by Gasteiger charge is -2.41. The Bertz CT molecular complexity index is 1120. The van der Waals surface area contributed by atoms with Crippen LogP contribution in [-0.2, 0) is 14.3 Å². The van der Waals surface area contributed by atoms with Crippen molar-refractivity contribution in [2.75, 3.05) is 41.9 Å². The van der Waals surface area contributed by atoms with Gasteiger partial charge in [0.15, 0.2) is 0 Å². The number of hydrogen-bond donors (Lipinski definition) is 0. The number of carbonyl (C=O) groups is 2. The fraction of sp³-hybridized carbons (Fsp3) is 0.517. The molecule has 2 atom stereocenters. The van der Waals surface area contributed by atoms with Gasteiger partial charge >= 0.3 is 0 Å². The van der Waals surface area contributed by atoms with Crippen LogP contribution in [0.5, 0.6) is 0 Å². The third-order valence-corrected chi connectivity index (χ3v) is 8.11. The minimum Gasteiger partial charge on any atom is -0.378 e. The highest BCUT2D eigenvalue weighted by molar-refractivity contribution is 6.06. The molecule has 35 heavy (non-hydrogen) atoms. The van der Waals surface area contributed by atoms with Crippen molar-refractivity contribution >= 4 is 28.9 Å². The lowest BCUT2D eigenvalue weighted by Crippen LogP contribution is -2.53. The van der Waals surface area contributed by atoms with Gasteiger partial charge in [0.1, 0.15) is 6.10 Å². The summed E-state index contributed by atoms with van der Waals surface area (Å²) in [4.78, 5) is 32.2. The van der Waals surface area contributed by atoms with Gasteiger partial charge in [-0.2, -0.15) is 0 Å². The molecule has 2 fully saturated rings. The Morgan fingerprint density at radius 1 is 1.00 bits per heavy atom. The van der Waals surface area contributed by atoms with Gasteiger partial charge in [-0.15, -0.1) is 0 Å². The molecule has 5 rings (SSSR count). The van der Waals surface area contributed by atoms with Gasteiger partial charge in [0.25, 0.3) is 5.91 Å². The lowest BCUT2D eigenvalue weighted by atomic mass is 9.72. The average molecular weight is 476 g/mol. The van der Waals surface area contributed by atoms with Gasteiger partial charge in [-0.1, -0.05) is 37.5 Å². The lowest BCUT2D eigenvalue weighted by molar-refractivity contribution is -0.127. The Morgan fingerprint density at radius 3 is 2.46 bits per heavy atom. The molecule has 2 aliphatic heterocycles. The molecule has 0 radical (unpaired) electrons. The zero-order valence-corrected chi connectivity index (χ0v) is 21.4. The van der Waals surface area contributed by atoms with Crippen molar-refractivity contribution in [2.45, 2.75) is 64.5 Å². The second kappa shape index (κ2) is 9.30. The van der Waals surface area contributed by atoms with E-state index < -0.39 is 6.10 Å². The van der Waals surface area contributed by atoms with Crippen LogP contribution < -0.4 is 14.7 Å². The first-order valence-corrected chi connectivity index (χ1v) is 12.9. The van der Waals surface area contributed by atoms with E-state index in [2.05, 4.69) is 29.2 Å². The van der Waals surface area contributed by atoms with E-state index in [4.69, 9.17) is 4.74 Å². The second-order valence-corrected chi connectivity index (χ2v) is 10.9. The van der Waals surface area contributed by atoms with Crippen LogP contribution in [0, 0.1) is 5.41 Å². The predicted octanol–water partition coefficient (Wildman–Crippen LogP) is 5.25. The summed E-state index contributed by atoms with van der Waals surface area (Å²) in [7, 11) is 4.05. The van der Waals surface area contributed by atoms with E-state index in [9.17, 15) is 9.59 Å². The molecule has 1 aliphatic carbocycles. The van der Waals surface area contributed by atoms with Gasteiger partial charge in [0.05, 0.1) is 24.0 Å². The number of ether oxygens (including phenoxy) is 1. The fourth-order valence-corrected chi connectivity index (χ4v) is 6.23. The van der Waals surface area contributed by atoms with Crippen LogP contribution in [0.1, 0.15) is 52.4 Å². The van der Waals surface area contributed by atoms with Gasteiger partial charge < -0.3 is 19.4 Å². The van der Waals surface area contributed by atoms with Crippen molar-refractivity contribution in [2.24, 2.45) is 5.41 Å². The maximum Gasteiger partial charge on any atom is 0.256 e. The molecule has 6 nitrogen and oxygen atoms in total. The van der Waals surface area contributed by atoms with Gasteiger partial charge in [-0.3, -0.25) is 9.59 Å². The summed E-state index contributed by atoms with van der Waals surface area (Å²) >= 11 is 0. The Labute approximate surface area is 208 Å². The summed E-state index contributed by atoms with van der Waals surface area (Å²) in [5, 5.41) is 0. The molecule has 2 aromatic carbocycles. The van der Waals surface area contributed by atoms with Crippen molar-refractivity contribution in [1.29, 1.82) is 0 Å². The molecule has 3 aliphatic rings. The molecule has 0 aromatic heterocycles. The third-order valence-electron chi connectivity index (χ3n) is 8.11. The Hall–Kier alpha value is -2.86. The topological polar surface area (TPSA) is 53.1 Å². The van der Waals surface area contributed by atoms with Crippen molar-refractivity contribution in [3.8, 4) is 11.1 Å². The summed E-state index contributed by atoms with van der Waals surface area (Å²) in [6.45, 7) is 4.77. The highest BCUT2D eigenvalue weighted by Crippen LogP contribution is 2.46. The summed E-state index contributed by atoms with van der Waals surface area (Å²) < 4.78 is 6.17. The quantitative estimate of drug-likeness (QED) is 0.609. The normalized spacial score (nSPS) is 23.3. The number of rotatable bonds is 3. The number of anilines is 3. The third kappa shape index (κ3) is 4.44. The van der Waals surface area contributed by atoms with E-state index in [1.54, 1.807) is 6.92 Å². The van der Waals surface area contributed by atoms with Gasteiger partial charge in [0, 0.05) is 33.3 Å². The zero-order valence-electron chi connectivity index (χ0n) is 21.4. The molecule has 2 heterocycles. The summed E-state index contributed by atoms with van der Waals surface area (Å²) in [6.07, 6.45) is 6.48. The van der Waals surface area contributed by atoms with Crippen molar-refractivity contribution < 1.29 is 14.3 Å². The van der Waals surface area contributed by atoms with Crippen LogP contribution in [0.15, 0.2) is 42.5 Å². The SMILES string of the molecule is CC(=O)N1c2ccc(-c3cccc(N(C)C)c3)cc2N(C(=O)C2CC3(CCCCC3)CO2)CC1C. The molecule has 1 saturated heterocycles. The molecule has 0 bridgehead atoms. The van der Waals surface area contributed by atoms with E-state index in [1.165, 1.54) is 19.3 Å². The van der Waals surface area contributed by atoms with Crippen molar-refractivity contribution in [1.82, 2.24) is 0 Å². The highest BCUT2D eigenvalue weighted by Gasteiger charge is 2.46. The standard InChI is InChI=1S/C29H37N3O3/c1-20-18-31(28(34)27-17-29(19-35-27)13-6-5-7-14-29)26-16-23(11-12-25(26)32(20)21(2)33)22-9-8-10-24(15-22)30(3)4/h8-12,15-16,20,27H,5-7,13-14,17-19H2,1-4H3. The zero-order chi connectivity index (χ0) is 24.7. The van der Waals surface area contributed by atoms with E-state index in [1.807, 2.05) is 49.0 Å². The van der Waals surface area contributed by atoms with E-state index in [0.717, 1.165) is 47.5 Å². The molecule has 6 heteroatoms. The number of fused-ring (bicyclic) bond motifs is 1. The van der Waals surface area contributed by atoms with Crippen molar-refractivity contribution in [3.05, 3.63) is 42.5 Å². The largest absolute Gasteiger partial charge is 0.378 e. The molecular formula is C29H37N3O3. The Kier molecular flexibility index (Phi) is 6.34. The summed E-state index contributed by atoms with van der Waals surface area (Å²) in [6, 6.07) is 14.4. The van der Waals surface area contributed by atoms with Crippen LogP contribution in [-0.4, -0.2) is 51.2 Å². The molecule has 1 saturated carbocycles. The minimum absolute atomic E-state index is 0.00789. The van der Waals surface area contributed by atoms with Gasteiger partial charge in [0.2, 0.25) is 5.91 Å². The van der Waals surface area contributed by atoms with Crippen molar-refractivity contribution in [3.63, 3.8) is 0 Å². The smallest absolute Gasteiger partial charge is 0.256 e. The highest BCUT2D eigenvalue weighted by atomic mass is 16.5. The maximum atomic E-state index is 13.9. The molecule has 0 N–H and O–H groups in total. The van der Waals surface area contributed by atoms with Crippen LogP contribution in [0.2, 0.25) is 0 Å². The molecular weight excluding hydrogens is 438 g/mol. The number of amides is 2. The van der Waals surface area contributed by atoms with Crippen LogP contribution in [0.25, 0.3) is 11.1 Å². The number of hydrogen-bond acceptors (Lipinski definition) is 4. The van der Waals surface area contributed by atoms with E-state index in [0.29, 0.717) is 13.2 Å². The van der Waals surface area contributed by atoms with Crippen LogP contribution in [0.3, 0.4) is 0 Å². The minimum atomic E-state index is -0.405. The second-order valence-electron chi connectivity index (χ2n) is 10.9. The van der Waals surface area contributed by atoms with Gasteiger partial charge in [-0.05, 0) is 67.0 Å². The monoisotopic (exact) mass is 475 g/mol. The van der Waals surface area contributed by atoms with Crippen LogP contribution in [0.4, 0.5) is 17.1 Å². The average Bonchev–Trinajstić information content (AvgIpc) is 3.26. The van der Waals surface area contributed by atoms with Gasteiger partial charge in [-0.25, -0.2) is 0 Å². The molecule has 2 amide bonds. The molecule has 186 valence electrons. The first-order valence-electron chi connectivity index (χ1n) is 12.9. The van der Waals surface area contributed by atoms with E-state index >= 15 is 0 Å². The number of carbonyl (C=O) groups excluding carboxylic acids is 2. The van der Waals surface area contributed by atoms with E-state index in [-0.39, 0.29) is 23.3 Å². The summed E-state index contributed by atoms with van der Waals surface area (Å²) in [5.41, 5.74) is 4.98. The first-order chi connectivity index (χ1) is 16.8. The Morgan fingerprint density at radius 2 is 1.74 bits per heavy atom. The molecule has 2 unspecified atom stereocenters. The first kappa shape index (κ1) is 23.9. The summed E-state index contributed by atoms with van der Waals surface area (Å²) in [5.74, 6) is 0.0226. The fourth-order valence-electron chi connectivity index (χ4n) is 6.23. The number of benzene rings is 2. The Balaban J connectivity index is 1.51. The predicted molar refractivity (Wildman–Crippen MR) is 141 cm³/mol. The molecule has 1 spiro atoms. The number of nitrogens with zero attached hydrogens (tertiary/aromatic N) is 3. The molecule has 2 aromatic rings. The van der Waals surface area contributed by atoms with Crippen LogP contribution >= 0.6 is 0 Å².